The van der Waals surface area contributed by atoms with Crippen molar-refractivity contribution in [3.05, 3.63) is 12.2 Å². The fraction of sp³-hybridized carbons (Fsp3) is 0.667. The number of allylic oxidation sites excluding steroid dienone is 2. The molecular formula is C9H12O. The second-order valence-electron chi connectivity index (χ2n) is 3.38. The van der Waals surface area contributed by atoms with E-state index in [1.54, 1.807) is 0 Å². The third-order valence-corrected chi connectivity index (χ3v) is 2.65. The van der Waals surface area contributed by atoms with E-state index in [-0.39, 0.29) is 0 Å². The highest BCUT2D eigenvalue weighted by atomic mass is 16.1. The normalized spacial score (nSPS) is 38.2. The molecule has 0 N–H and O–H groups in total. The molecule has 2 aliphatic rings. The Labute approximate surface area is 61.1 Å². The first-order chi connectivity index (χ1) is 4.86. The summed E-state index contributed by atoms with van der Waals surface area (Å²) < 4.78 is 0. The average Bonchev–Trinajstić information content (AvgIpc) is 2.27. The van der Waals surface area contributed by atoms with E-state index >= 15 is 0 Å². The van der Waals surface area contributed by atoms with Gasteiger partial charge in [0.05, 0.1) is 0 Å². The molecule has 2 aliphatic carbocycles. The molecule has 0 heterocycles. The van der Waals surface area contributed by atoms with Crippen molar-refractivity contribution in [1.82, 2.24) is 0 Å². The minimum Gasteiger partial charge on any atom is -0.300 e. The maximum atomic E-state index is 11.0. The number of hydrogen-bond donors (Lipinski definition) is 0. The van der Waals surface area contributed by atoms with Gasteiger partial charge in [0.15, 0.2) is 0 Å². The molecule has 0 amide bonds. The first-order valence-electron chi connectivity index (χ1n) is 4.04. The smallest absolute Gasteiger partial charge is 0.133 e. The van der Waals surface area contributed by atoms with Crippen LogP contribution in [0.25, 0.3) is 0 Å². The molecule has 0 aromatic carbocycles. The summed E-state index contributed by atoms with van der Waals surface area (Å²) in [5.74, 6) is 1.79. The molecule has 0 spiro atoms. The molecule has 0 aromatic rings. The second kappa shape index (κ2) is 2.22. The summed E-state index contributed by atoms with van der Waals surface area (Å²) in [5.41, 5.74) is 0. The summed E-state index contributed by atoms with van der Waals surface area (Å²) in [6.07, 6.45) is 8.57. The zero-order chi connectivity index (χ0) is 6.97. The maximum Gasteiger partial charge on any atom is 0.133 e. The van der Waals surface area contributed by atoms with E-state index in [2.05, 4.69) is 12.2 Å². The number of hydrogen-bond acceptors (Lipinski definition) is 1. The van der Waals surface area contributed by atoms with Gasteiger partial charge in [-0.2, -0.15) is 0 Å². The van der Waals surface area contributed by atoms with Gasteiger partial charge in [-0.25, -0.2) is 0 Å². The van der Waals surface area contributed by atoms with Crippen LogP contribution in [0.5, 0.6) is 0 Å². The minimum absolute atomic E-state index is 0.474. The summed E-state index contributed by atoms with van der Waals surface area (Å²) in [6.45, 7) is 0. The molecule has 1 fully saturated rings. The standard InChI is InChI=1S/C9H12O/c10-9-5-7-3-1-2-4-8(7)6-9/h1,3,7-8H,2,4-6H2/t7-,8+/m0/s1. The zero-order valence-corrected chi connectivity index (χ0v) is 6.05. The van der Waals surface area contributed by atoms with Gasteiger partial charge in [-0.1, -0.05) is 12.2 Å². The van der Waals surface area contributed by atoms with E-state index in [9.17, 15) is 4.79 Å². The highest BCUT2D eigenvalue weighted by Gasteiger charge is 2.31. The summed E-state index contributed by atoms with van der Waals surface area (Å²) in [4.78, 5) is 11.0. The van der Waals surface area contributed by atoms with Crippen LogP contribution in [0.2, 0.25) is 0 Å². The summed E-state index contributed by atoms with van der Waals surface area (Å²) in [5, 5.41) is 0. The predicted octanol–water partition coefficient (Wildman–Crippen LogP) is 1.93. The van der Waals surface area contributed by atoms with Crippen molar-refractivity contribution in [3.63, 3.8) is 0 Å². The Morgan fingerprint density at radius 3 is 3.10 bits per heavy atom. The van der Waals surface area contributed by atoms with E-state index < -0.39 is 0 Å². The van der Waals surface area contributed by atoms with Crippen molar-refractivity contribution < 1.29 is 4.79 Å². The molecule has 0 aliphatic heterocycles. The topological polar surface area (TPSA) is 17.1 Å². The first kappa shape index (κ1) is 6.14. The molecule has 2 atom stereocenters. The van der Waals surface area contributed by atoms with Gasteiger partial charge in [-0.15, -0.1) is 0 Å². The average molecular weight is 136 g/mol. The van der Waals surface area contributed by atoms with Crippen molar-refractivity contribution in [2.45, 2.75) is 25.7 Å². The van der Waals surface area contributed by atoms with Crippen molar-refractivity contribution in [3.8, 4) is 0 Å². The Hall–Kier alpha value is -0.590. The van der Waals surface area contributed by atoms with Crippen LogP contribution in [0.1, 0.15) is 25.7 Å². The summed E-state index contributed by atoms with van der Waals surface area (Å²) >= 11 is 0. The van der Waals surface area contributed by atoms with Crippen molar-refractivity contribution >= 4 is 5.78 Å². The first-order valence-corrected chi connectivity index (χ1v) is 4.04. The second-order valence-corrected chi connectivity index (χ2v) is 3.38. The SMILES string of the molecule is O=C1C[C@H]2CCC=C[C@H]2C1. The van der Waals surface area contributed by atoms with Crippen LogP contribution in [0.3, 0.4) is 0 Å². The molecule has 0 unspecified atom stereocenters. The number of carbonyl (C=O) groups excluding carboxylic acids is 1. The lowest BCUT2D eigenvalue weighted by Gasteiger charge is -2.17. The Kier molecular flexibility index (Phi) is 1.37. The minimum atomic E-state index is 0.474. The lowest BCUT2D eigenvalue weighted by Crippen LogP contribution is -2.07. The molecule has 1 heteroatoms. The van der Waals surface area contributed by atoms with Gasteiger partial charge in [0.25, 0.3) is 0 Å². The van der Waals surface area contributed by atoms with Crippen LogP contribution in [-0.4, -0.2) is 5.78 Å². The maximum absolute atomic E-state index is 11.0. The molecule has 1 saturated carbocycles. The van der Waals surface area contributed by atoms with E-state index in [0.29, 0.717) is 17.6 Å². The quantitative estimate of drug-likeness (QED) is 0.465. The molecule has 0 saturated heterocycles. The van der Waals surface area contributed by atoms with Crippen molar-refractivity contribution in [2.24, 2.45) is 11.8 Å². The Morgan fingerprint density at radius 2 is 2.30 bits per heavy atom. The lowest BCUT2D eigenvalue weighted by atomic mass is 9.87. The number of fused-ring (bicyclic) bond motifs is 1. The molecule has 2 rings (SSSR count). The van der Waals surface area contributed by atoms with Crippen molar-refractivity contribution in [2.75, 3.05) is 0 Å². The van der Waals surface area contributed by atoms with Gasteiger partial charge in [-0.3, -0.25) is 4.79 Å². The highest BCUT2D eigenvalue weighted by Crippen LogP contribution is 2.36. The fourth-order valence-corrected chi connectivity index (χ4v) is 2.08. The zero-order valence-electron chi connectivity index (χ0n) is 6.05. The van der Waals surface area contributed by atoms with E-state index in [1.807, 2.05) is 0 Å². The van der Waals surface area contributed by atoms with E-state index in [1.165, 1.54) is 12.8 Å². The van der Waals surface area contributed by atoms with Crippen LogP contribution in [0.15, 0.2) is 12.2 Å². The molecule has 54 valence electrons. The Morgan fingerprint density at radius 1 is 1.40 bits per heavy atom. The number of ketones is 1. The van der Waals surface area contributed by atoms with Crippen LogP contribution in [0.4, 0.5) is 0 Å². The fourth-order valence-electron chi connectivity index (χ4n) is 2.08. The highest BCUT2D eigenvalue weighted by molar-refractivity contribution is 5.81. The molecule has 0 bridgehead atoms. The molecule has 0 radical (unpaired) electrons. The van der Waals surface area contributed by atoms with Crippen LogP contribution in [-0.2, 0) is 4.79 Å². The Balaban J connectivity index is 2.15. The monoisotopic (exact) mass is 136 g/mol. The van der Waals surface area contributed by atoms with Gasteiger partial charge in [0.2, 0.25) is 0 Å². The number of rotatable bonds is 0. The largest absolute Gasteiger partial charge is 0.300 e. The predicted molar refractivity (Wildman–Crippen MR) is 39.6 cm³/mol. The van der Waals surface area contributed by atoms with Gasteiger partial charge in [-0.05, 0) is 24.7 Å². The Bertz CT molecular complexity index is 181. The van der Waals surface area contributed by atoms with Crippen LogP contribution in [0, 0.1) is 11.8 Å². The lowest BCUT2D eigenvalue weighted by molar-refractivity contribution is -0.117. The molecule has 10 heavy (non-hydrogen) atoms. The summed E-state index contributed by atoms with van der Waals surface area (Å²) in [7, 11) is 0. The molecular weight excluding hydrogens is 124 g/mol. The van der Waals surface area contributed by atoms with E-state index in [0.717, 1.165) is 12.8 Å². The van der Waals surface area contributed by atoms with Gasteiger partial charge < -0.3 is 0 Å². The molecule has 0 aromatic heterocycles. The molecule has 1 nitrogen and oxygen atoms in total. The van der Waals surface area contributed by atoms with Crippen LogP contribution < -0.4 is 0 Å². The third kappa shape index (κ3) is 0.898. The van der Waals surface area contributed by atoms with Gasteiger partial charge in [0.1, 0.15) is 5.78 Å². The number of carbonyl (C=O) groups is 1. The van der Waals surface area contributed by atoms with Gasteiger partial charge >= 0.3 is 0 Å². The van der Waals surface area contributed by atoms with Crippen molar-refractivity contribution in [1.29, 1.82) is 0 Å². The summed E-state index contributed by atoms with van der Waals surface area (Å²) in [6, 6.07) is 0. The van der Waals surface area contributed by atoms with Gasteiger partial charge in [0, 0.05) is 12.8 Å². The third-order valence-electron chi connectivity index (χ3n) is 2.65. The van der Waals surface area contributed by atoms with E-state index in [4.69, 9.17) is 0 Å². The number of Topliss-reactive ketones (excluding diaryl/α,β-unsaturated/α-hetero) is 1. The van der Waals surface area contributed by atoms with Crippen LogP contribution >= 0.6 is 0 Å².